The molecule has 0 bridgehead atoms. The molecule has 1 N–H and O–H groups in total. The van der Waals surface area contributed by atoms with Crippen LogP contribution < -0.4 is 10.2 Å². The first-order chi connectivity index (χ1) is 16.1. The van der Waals surface area contributed by atoms with Crippen LogP contribution in [0.25, 0.3) is 16.8 Å². The third kappa shape index (κ3) is 4.44. The van der Waals surface area contributed by atoms with Crippen LogP contribution in [0.2, 0.25) is 0 Å². The first kappa shape index (κ1) is 21.1. The summed E-state index contributed by atoms with van der Waals surface area (Å²) in [5.41, 5.74) is 3.84. The lowest BCUT2D eigenvalue weighted by atomic mass is 9.95. The summed E-state index contributed by atoms with van der Waals surface area (Å²) in [6.07, 6.45) is 5.14. The summed E-state index contributed by atoms with van der Waals surface area (Å²) in [5.74, 6) is 0.620. The molecule has 6 nitrogen and oxygen atoms in total. The van der Waals surface area contributed by atoms with E-state index in [9.17, 15) is 9.18 Å². The molecule has 168 valence electrons. The van der Waals surface area contributed by atoms with Crippen molar-refractivity contribution in [2.75, 3.05) is 18.0 Å². The van der Waals surface area contributed by atoms with Crippen molar-refractivity contribution in [2.24, 2.45) is 5.92 Å². The molecule has 1 aliphatic heterocycles. The highest BCUT2D eigenvalue weighted by Crippen LogP contribution is 2.28. The topological polar surface area (TPSA) is 62.5 Å². The first-order valence-corrected chi connectivity index (χ1v) is 11.3. The highest BCUT2D eigenvalue weighted by molar-refractivity contribution is 5.80. The highest BCUT2D eigenvalue weighted by atomic mass is 19.1. The first-order valence-electron chi connectivity index (χ1n) is 11.3. The van der Waals surface area contributed by atoms with Gasteiger partial charge in [-0.05, 0) is 43.5 Å². The Morgan fingerprint density at radius 1 is 1.09 bits per heavy atom. The molecule has 1 saturated heterocycles. The number of benzene rings is 2. The quantitative estimate of drug-likeness (QED) is 0.489. The normalized spacial score (nSPS) is 15.5. The molecule has 33 heavy (non-hydrogen) atoms. The largest absolute Gasteiger partial charge is 0.355 e. The van der Waals surface area contributed by atoms with Crippen molar-refractivity contribution in [3.05, 3.63) is 84.4 Å². The Kier molecular flexibility index (Phi) is 5.77. The monoisotopic (exact) mass is 443 g/mol. The Morgan fingerprint density at radius 2 is 1.82 bits per heavy atom. The van der Waals surface area contributed by atoms with E-state index < -0.39 is 0 Å². The number of hydrogen-bond donors (Lipinski definition) is 1. The van der Waals surface area contributed by atoms with E-state index in [0.717, 1.165) is 54.1 Å². The molecule has 1 aliphatic rings. The van der Waals surface area contributed by atoms with Crippen molar-refractivity contribution < 1.29 is 9.18 Å². The maximum absolute atomic E-state index is 13.2. The Labute approximate surface area is 192 Å². The number of amides is 1. The summed E-state index contributed by atoms with van der Waals surface area (Å²) in [4.78, 5) is 19.7. The number of aromatic nitrogens is 3. The molecular formula is C26H26FN5O. The van der Waals surface area contributed by atoms with Gasteiger partial charge in [-0.2, -0.15) is 5.10 Å². The molecular weight excluding hydrogens is 417 g/mol. The van der Waals surface area contributed by atoms with Crippen molar-refractivity contribution in [3.8, 4) is 11.3 Å². The molecule has 0 radical (unpaired) electrons. The third-order valence-corrected chi connectivity index (χ3v) is 6.33. The average molecular weight is 444 g/mol. The van der Waals surface area contributed by atoms with Gasteiger partial charge >= 0.3 is 0 Å². The molecule has 3 heterocycles. The van der Waals surface area contributed by atoms with Crippen LogP contribution in [0.15, 0.2) is 73.1 Å². The number of carbonyl (C=O) groups excluding carboxylic acids is 1. The van der Waals surface area contributed by atoms with Gasteiger partial charge in [-0.15, -0.1) is 0 Å². The van der Waals surface area contributed by atoms with E-state index in [1.54, 1.807) is 18.3 Å². The summed E-state index contributed by atoms with van der Waals surface area (Å²) in [5, 5.41) is 7.79. The minimum Gasteiger partial charge on any atom is -0.355 e. The lowest BCUT2D eigenvalue weighted by Gasteiger charge is -2.32. The number of nitrogens with zero attached hydrogens (tertiary/aromatic N) is 4. The van der Waals surface area contributed by atoms with E-state index in [2.05, 4.69) is 21.3 Å². The fourth-order valence-electron chi connectivity index (χ4n) is 4.42. The van der Waals surface area contributed by atoms with Gasteiger partial charge in [0.1, 0.15) is 11.3 Å². The molecule has 2 aromatic heterocycles. The van der Waals surface area contributed by atoms with E-state index in [1.807, 2.05) is 48.0 Å². The van der Waals surface area contributed by atoms with Crippen molar-refractivity contribution in [3.63, 3.8) is 0 Å². The highest BCUT2D eigenvalue weighted by Gasteiger charge is 2.27. The SMILES string of the molecule is C[C@H](NC(=O)C1CCN(c2nccn3nc(-c4ccccc4)cc23)CC1)c1ccc(F)cc1. The van der Waals surface area contributed by atoms with Crippen LogP contribution in [0.3, 0.4) is 0 Å². The second-order valence-electron chi connectivity index (χ2n) is 8.52. The molecule has 1 fully saturated rings. The van der Waals surface area contributed by atoms with E-state index in [0.29, 0.717) is 0 Å². The number of piperidine rings is 1. The Bertz CT molecular complexity index is 1250. The minimum absolute atomic E-state index is 0.0475. The van der Waals surface area contributed by atoms with Crippen LogP contribution in [0, 0.1) is 11.7 Å². The van der Waals surface area contributed by atoms with E-state index in [4.69, 9.17) is 5.10 Å². The molecule has 0 aliphatic carbocycles. The van der Waals surface area contributed by atoms with Gasteiger partial charge in [0.25, 0.3) is 0 Å². The van der Waals surface area contributed by atoms with E-state index in [1.165, 1.54) is 12.1 Å². The molecule has 1 amide bonds. The predicted molar refractivity (Wildman–Crippen MR) is 126 cm³/mol. The molecule has 0 unspecified atom stereocenters. The second-order valence-corrected chi connectivity index (χ2v) is 8.52. The number of anilines is 1. The summed E-state index contributed by atoms with van der Waals surface area (Å²) in [7, 11) is 0. The van der Waals surface area contributed by atoms with Crippen molar-refractivity contribution in [2.45, 2.75) is 25.8 Å². The summed E-state index contributed by atoms with van der Waals surface area (Å²) >= 11 is 0. The minimum atomic E-state index is -0.276. The van der Waals surface area contributed by atoms with Crippen molar-refractivity contribution >= 4 is 17.2 Å². The van der Waals surface area contributed by atoms with Crippen LogP contribution >= 0.6 is 0 Å². The smallest absolute Gasteiger partial charge is 0.223 e. The zero-order valence-electron chi connectivity index (χ0n) is 18.5. The van der Waals surface area contributed by atoms with Gasteiger partial charge in [0, 0.05) is 37.0 Å². The second kappa shape index (κ2) is 9.02. The average Bonchev–Trinajstić information content (AvgIpc) is 3.30. The number of rotatable bonds is 5. The maximum Gasteiger partial charge on any atom is 0.223 e. The predicted octanol–water partition coefficient (Wildman–Crippen LogP) is 4.63. The zero-order valence-corrected chi connectivity index (χ0v) is 18.5. The standard InChI is InChI=1S/C26H26FN5O/c1-18(19-7-9-22(27)10-8-19)29-26(33)21-11-14-31(15-12-21)25-24-17-23(20-5-3-2-4-6-20)30-32(24)16-13-28-25/h2-10,13,16-18,21H,11-12,14-15H2,1H3,(H,29,33)/t18-/m0/s1. The van der Waals surface area contributed by atoms with Crippen LogP contribution in [-0.4, -0.2) is 33.6 Å². The van der Waals surface area contributed by atoms with Gasteiger partial charge in [0.15, 0.2) is 5.82 Å². The maximum atomic E-state index is 13.2. The fraction of sp³-hybridized carbons (Fsp3) is 0.269. The number of carbonyl (C=O) groups is 1. The number of fused-ring (bicyclic) bond motifs is 1. The van der Waals surface area contributed by atoms with Crippen LogP contribution in [0.5, 0.6) is 0 Å². The van der Waals surface area contributed by atoms with Gasteiger partial charge in [-0.25, -0.2) is 13.9 Å². The molecule has 5 rings (SSSR count). The molecule has 2 aromatic carbocycles. The summed E-state index contributed by atoms with van der Waals surface area (Å²) in [6.45, 7) is 3.43. The van der Waals surface area contributed by atoms with Crippen LogP contribution in [0.1, 0.15) is 31.4 Å². The Balaban J connectivity index is 1.26. The van der Waals surface area contributed by atoms with Crippen LogP contribution in [-0.2, 0) is 4.79 Å². The summed E-state index contributed by atoms with van der Waals surface area (Å²) in [6, 6.07) is 18.3. The van der Waals surface area contributed by atoms with Crippen LogP contribution in [0.4, 0.5) is 10.2 Å². The Morgan fingerprint density at radius 3 is 2.55 bits per heavy atom. The van der Waals surface area contributed by atoms with Gasteiger partial charge in [0.2, 0.25) is 5.91 Å². The molecule has 1 atom stereocenters. The number of halogens is 1. The van der Waals surface area contributed by atoms with E-state index >= 15 is 0 Å². The number of hydrogen-bond acceptors (Lipinski definition) is 4. The van der Waals surface area contributed by atoms with Gasteiger partial charge in [-0.1, -0.05) is 42.5 Å². The third-order valence-electron chi connectivity index (χ3n) is 6.33. The van der Waals surface area contributed by atoms with E-state index in [-0.39, 0.29) is 23.7 Å². The van der Waals surface area contributed by atoms with Gasteiger partial charge < -0.3 is 10.2 Å². The van der Waals surface area contributed by atoms with Crippen molar-refractivity contribution in [1.29, 1.82) is 0 Å². The molecule has 0 spiro atoms. The summed E-state index contributed by atoms with van der Waals surface area (Å²) < 4.78 is 15.0. The lowest BCUT2D eigenvalue weighted by Crippen LogP contribution is -2.41. The molecule has 0 saturated carbocycles. The molecule has 7 heteroatoms. The zero-order chi connectivity index (χ0) is 22.8. The lowest BCUT2D eigenvalue weighted by molar-refractivity contribution is -0.126. The fourth-order valence-corrected chi connectivity index (χ4v) is 4.42. The van der Waals surface area contributed by atoms with Gasteiger partial charge in [0.05, 0.1) is 11.7 Å². The Hall–Kier alpha value is -3.74. The van der Waals surface area contributed by atoms with Gasteiger partial charge in [-0.3, -0.25) is 4.79 Å². The number of nitrogens with one attached hydrogen (secondary N) is 1. The molecule has 4 aromatic rings. The van der Waals surface area contributed by atoms with Crippen molar-refractivity contribution in [1.82, 2.24) is 19.9 Å².